The molecule has 0 amide bonds. The fourth-order valence-electron chi connectivity index (χ4n) is 1.80. The average molecular weight is 206 g/mol. The summed E-state index contributed by atoms with van der Waals surface area (Å²) in [6.45, 7) is 0.879. The zero-order valence-electron chi connectivity index (χ0n) is 8.67. The second-order valence-corrected chi connectivity index (χ2v) is 3.79. The molecular weight excluding hydrogens is 191 g/mol. The Labute approximate surface area is 89.2 Å². The molecule has 0 aliphatic heterocycles. The summed E-state index contributed by atoms with van der Waals surface area (Å²) in [4.78, 5) is 3.94. The van der Waals surface area contributed by atoms with Gasteiger partial charge in [-0.15, -0.1) is 0 Å². The van der Waals surface area contributed by atoms with Crippen LogP contribution in [0, 0.1) is 5.82 Å². The Bertz CT molecular complexity index is 343. The predicted molar refractivity (Wildman–Crippen MR) is 59.2 cm³/mol. The van der Waals surface area contributed by atoms with Crippen molar-refractivity contribution >= 4 is 5.82 Å². The van der Waals surface area contributed by atoms with E-state index < -0.39 is 0 Å². The summed E-state index contributed by atoms with van der Waals surface area (Å²) in [5.74, 6) is 0.453. The topological polar surface area (TPSA) is 24.9 Å². The quantitative estimate of drug-likeness (QED) is 0.765. The number of nitrogens with zero attached hydrogens (tertiary/aromatic N) is 1. The number of hydrogen-bond donors (Lipinski definition) is 1. The van der Waals surface area contributed by atoms with Gasteiger partial charge in [-0.25, -0.2) is 9.37 Å². The molecule has 80 valence electrons. The van der Waals surface area contributed by atoms with Gasteiger partial charge in [0.05, 0.1) is 6.20 Å². The van der Waals surface area contributed by atoms with Crippen molar-refractivity contribution in [2.45, 2.75) is 25.7 Å². The number of allylic oxidation sites excluding steroid dienone is 1. The Morgan fingerprint density at radius 1 is 1.40 bits per heavy atom. The molecule has 1 aliphatic rings. The Balaban J connectivity index is 1.75. The fraction of sp³-hybridized carbons (Fsp3) is 0.417. The molecule has 0 bridgehead atoms. The largest absolute Gasteiger partial charge is 0.370 e. The predicted octanol–water partition coefficient (Wildman–Crippen LogP) is 3.13. The van der Waals surface area contributed by atoms with Crippen LogP contribution in [0.15, 0.2) is 30.0 Å². The molecular formula is C12H15FN2. The third kappa shape index (κ3) is 3.05. The molecule has 1 heterocycles. The molecule has 0 saturated carbocycles. The zero-order valence-corrected chi connectivity index (χ0v) is 8.67. The Hall–Kier alpha value is -1.38. The van der Waals surface area contributed by atoms with Gasteiger partial charge in [-0.3, -0.25) is 0 Å². The van der Waals surface area contributed by atoms with Gasteiger partial charge < -0.3 is 5.32 Å². The lowest BCUT2D eigenvalue weighted by Gasteiger charge is -2.05. The molecule has 2 rings (SSSR count). The second kappa shape index (κ2) is 4.91. The van der Waals surface area contributed by atoms with Gasteiger partial charge in [0.15, 0.2) is 0 Å². The zero-order chi connectivity index (χ0) is 10.5. The molecule has 0 fully saturated rings. The van der Waals surface area contributed by atoms with Crippen LogP contribution < -0.4 is 5.32 Å². The lowest BCUT2D eigenvalue weighted by atomic mass is 10.2. The van der Waals surface area contributed by atoms with Crippen molar-refractivity contribution in [3.8, 4) is 0 Å². The molecule has 0 saturated heterocycles. The van der Waals surface area contributed by atoms with Crippen molar-refractivity contribution in [3.63, 3.8) is 0 Å². The second-order valence-electron chi connectivity index (χ2n) is 3.79. The van der Waals surface area contributed by atoms with Crippen LogP contribution in [0.4, 0.5) is 10.2 Å². The minimum atomic E-state index is -0.293. The van der Waals surface area contributed by atoms with E-state index in [9.17, 15) is 4.39 Å². The fourth-order valence-corrected chi connectivity index (χ4v) is 1.80. The van der Waals surface area contributed by atoms with E-state index in [1.165, 1.54) is 37.1 Å². The highest BCUT2D eigenvalue weighted by Crippen LogP contribution is 2.20. The van der Waals surface area contributed by atoms with Crippen molar-refractivity contribution in [1.82, 2.24) is 4.98 Å². The van der Waals surface area contributed by atoms with Gasteiger partial charge in [-0.2, -0.15) is 0 Å². The molecule has 2 nitrogen and oxygen atoms in total. The maximum absolute atomic E-state index is 12.6. The first-order valence-corrected chi connectivity index (χ1v) is 5.38. The van der Waals surface area contributed by atoms with Gasteiger partial charge in [0.1, 0.15) is 11.6 Å². The molecule has 0 unspecified atom stereocenters. The van der Waals surface area contributed by atoms with Crippen LogP contribution in [0.25, 0.3) is 0 Å². The smallest absolute Gasteiger partial charge is 0.141 e. The van der Waals surface area contributed by atoms with Crippen LogP contribution in [0.2, 0.25) is 0 Å². The van der Waals surface area contributed by atoms with E-state index in [1.807, 2.05) is 0 Å². The van der Waals surface area contributed by atoms with E-state index in [0.29, 0.717) is 0 Å². The van der Waals surface area contributed by atoms with Crippen LogP contribution in [0.5, 0.6) is 0 Å². The van der Waals surface area contributed by atoms with E-state index in [0.717, 1.165) is 18.8 Å². The molecule has 1 aromatic rings. The van der Waals surface area contributed by atoms with Crippen molar-refractivity contribution in [2.24, 2.45) is 0 Å². The Morgan fingerprint density at radius 3 is 3.00 bits per heavy atom. The summed E-state index contributed by atoms with van der Waals surface area (Å²) in [7, 11) is 0. The van der Waals surface area contributed by atoms with E-state index in [1.54, 1.807) is 6.07 Å². The van der Waals surface area contributed by atoms with Crippen LogP contribution in [0.1, 0.15) is 25.7 Å². The van der Waals surface area contributed by atoms with Crippen LogP contribution in [-0.4, -0.2) is 11.5 Å². The highest BCUT2D eigenvalue weighted by atomic mass is 19.1. The Morgan fingerprint density at radius 2 is 2.33 bits per heavy atom. The van der Waals surface area contributed by atoms with Gasteiger partial charge in [-0.05, 0) is 37.8 Å². The van der Waals surface area contributed by atoms with E-state index in [-0.39, 0.29) is 5.82 Å². The van der Waals surface area contributed by atoms with Gasteiger partial charge in [0.25, 0.3) is 0 Å². The SMILES string of the molecule is Fc1ccc(NCCC2=CCCC2)nc1. The van der Waals surface area contributed by atoms with Gasteiger partial charge in [0.2, 0.25) is 0 Å². The van der Waals surface area contributed by atoms with E-state index in [2.05, 4.69) is 16.4 Å². The minimum Gasteiger partial charge on any atom is -0.370 e. The molecule has 0 atom stereocenters. The van der Waals surface area contributed by atoms with Crippen molar-refractivity contribution in [3.05, 3.63) is 35.8 Å². The van der Waals surface area contributed by atoms with Crippen molar-refractivity contribution in [1.29, 1.82) is 0 Å². The first-order chi connectivity index (χ1) is 7.34. The first-order valence-electron chi connectivity index (χ1n) is 5.38. The third-order valence-corrected chi connectivity index (χ3v) is 2.61. The summed E-state index contributed by atoms with van der Waals surface area (Å²) in [5.41, 5.74) is 1.53. The normalized spacial score (nSPS) is 15.1. The Kier molecular flexibility index (Phi) is 3.33. The number of aromatic nitrogens is 1. The molecule has 3 heteroatoms. The molecule has 1 aliphatic carbocycles. The molecule has 0 radical (unpaired) electrons. The number of anilines is 1. The highest BCUT2D eigenvalue weighted by Gasteiger charge is 2.03. The maximum Gasteiger partial charge on any atom is 0.141 e. The van der Waals surface area contributed by atoms with Crippen molar-refractivity contribution < 1.29 is 4.39 Å². The molecule has 0 aromatic carbocycles. The third-order valence-electron chi connectivity index (χ3n) is 2.61. The lowest BCUT2D eigenvalue weighted by Crippen LogP contribution is -2.03. The summed E-state index contributed by atoms with van der Waals surface area (Å²) in [6, 6.07) is 3.09. The monoisotopic (exact) mass is 206 g/mol. The summed E-state index contributed by atoms with van der Waals surface area (Å²) < 4.78 is 12.6. The molecule has 15 heavy (non-hydrogen) atoms. The van der Waals surface area contributed by atoms with Gasteiger partial charge in [0, 0.05) is 6.54 Å². The van der Waals surface area contributed by atoms with Gasteiger partial charge >= 0.3 is 0 Å². The van der Waals surface area contributed by atoms with Gasteiger partial charge in [-0.1, -0.05) is 11.6 Å². The van der Waals surface area contributed by atoms with Crippen LogP contribution >= 0.6 is 0 Å². The first kappa shape index (κ1) is 10.1. The lowest BCUT2D eigenvalue weighted by molar-refractivity contribution is 0.621. The minimum absolute atomic E-state index is 0.293. The molecule has 1 aromatic heterocycles. The van der Waals surface area contributed by atoms with Crippen LogP contribution in [-0.2, 0) is 0 Å². The number of nitrogens with one attached hydrogen (secondary N) is 1. The summed E-state index contributed by atoms with van der Waals surface area (Å²) in [5, 5.41) is 3.18. The number of rotatable bonds is 4. The van der Waals surface area contributed by atoms with E-state index in [4.69, 9.17) is 0 Å². The van der Waals surface area contributed by atoms with Crippen LogP contribution in [0.3, 0.4) is 0 Å². The number of pyridine rings is 1. The summed E-state index contributed by atoms with van der Waals surface area (Å²) >= 11 is 0. The average Bonchev–Trinajstić information content (AvgIpc) is 2.74. The van der Waals surface area contributed by atoms with E-state index >= 15 is 0 Å². The summed E-state index contributed by atoms with van der Waals surface area (Å²) in [6.07, 6.45) is 8.38. The highest BCUT2D eigenvalue weighted by molar-refractivity contribution is 5.33. The van der Waals surface area contributed by atoms with Crippen molar-refractivity contribution in [2.75, 3.05) is 11.9 Å². The number of halogens is 1. The standard InChI is InChI=1S/C12H15FN2/c13-11-5-6-12(15-9-11)14-8-7-10-3-1-2-4-10/h3,5-6,9H,1-2,4,7-8H2,(H,14,15). The molecule has 1 N–H and O–H groups in total. The maximum atomic E-state index is 12.6. The number of hydrogen-bond acceptors (Lipinski definition) is 2. The molecule has 0 spiro atoms.